The number of carbonyl (C=O) groups excluding carboxylic acids is 1. The van der Waals surface area contributed by atoms with Crippen LogP contribution in [0.5, 0.6) is 0 Å². The van der Waals surface area contributed by atoms with Crippen molar-refractivity contribution in [2.24, 2.45) is 0 Å². The number of aromatic nitrogens is 4. The Morgan fingerprint density at radius 3 is 2.86 bits per heavy atom. The van der Waals surface area contributed by atoms with Crippen molar-refractivity contribution in [3.63, 3.8) is 0 Å². The van der Waals surface area contributed by atoms with Gasteiger partial charge in [-0.1, -0.05) is 25.1 Å². The Bertz CT molecular complexity index is 910. The number of hydrogen-bond donors (Lipinski definition) is 2. The average molecular weight is 297 g/mol. The number of nitrogens with zero attached hydrogens (tertiary/aromatic N) is 3. The zero-order valence-electron chi connectivity index (χ0n) is 12.3. The molecule has 7 heteroatoms. The molecular weight excluding hydrogens is 282 g/mol. The van der Waals surface area contributed by atoms with Crippen LogP contribution < -0.4 is 10.9 Å². The van der Waals surface area contributed by atoms with Crippen LogP contribution in [0.15, 0.2) is 35.1 Å². The molecule has 2 N–H and O–H groups in total. The van der Waals surface area contributed by atoms with E-state index in [4.69, 9.17) is 0 Å². The molecule has 7 nitrogen and oxygen atoms in total. The summed E-state index contributed by atoms with van der Waals surface area (Å²) in [4.78, 5) is 30.9. The second kappa shape index (κ2) is 5.44. The van der Waals surface area contributed by atoms with E-state index in [1.54, 1.807) is 12.1 Å². The maximum Gasteiger partial charge on any atom is 0.257 e. The summed E-state index contributed by atoms with van der Waals surface area (Å²) in [7, 11) is 0. The highest BCUT2D eigenvalue weighted by Gasteiger charge is 2.13. The van der Waals surface area contributed by atoms with Crippen molar-refractivity contribution in [2.45, 2.75) is 20.3 Å². The standard InChI is InChI=1S/C15H15N5O2/c1-3-11-16-15-18-13(21)8-12(20(15)19-11)17-14(22)10-7-5-4-6-9(10)2/h4-8H,3H2,1-2H3,(H,17,22)(H,16,18,19,21). The number of nitrogens with one attached hydrogen (secondary N) is 2. The van der Waals surface area contributed by atoms with E-state index in [1.807, 2.05) is 26.0 Å². The topological polar surface area (TPSA) is 92.1 Å². The predicted molar refractivity (Wildman–Crippen MR) is 82.1 cm³/mol. The first-order valence-electron chi connectivity index (χ1n) is 6.94. The van der Waals surface area contributed by atoms with Gasteiger partial charge in [-0.3, -0.25) is 14.6 Å². The van der Waals surface area contributed by atoms with E-state index >= 15 is 0 Å². The molecule has 0 spiro atoms. The fourth-order valence-electron chi connectivity index (χ4n) is 2.19. The van der Waals surface area contributed by atoms with Gasteiger partial charge in [-0.15, -0.1) is 5.10 Å². The number of aryl methyl sites for hydroxylation is 2. The SMILES string of the molecule is CCc1nc2[nH]c(=O)cc(NC(=O)c3ccccc3C)n2n1. The van der Waals surface area contributed by atoms with Gasteiger partial charge < -0.3 is 5.32 Å². The van der Waals surface area contributed by atoms with Crippen molar-refractivity contribution in [1.82, 2.24) is 19.6 Å². The normalized spacial score (nSPS) is 10.8. The number of benzene rings is 1. The molecule has 0 aliphatic carbocycles. The number of aromatic amines is 1. The molecule has 1 amide bonds. The Hall–Kier alpha value is -2.96. The van der Waals surface area contributed by atoms with Crippen molar-refractivity contribution >= 4 is 17.5 Å². The minimum atomic E-state index is -0.345. The summed E-state index contributed by atoms with van der Waals surface area (Å²) in [5.74, 6) is 0.899. The van der Waals surface area contributed by atoms with Gasteiger partial charge in [-0.2, -0.15) is 9.50 Å². The zero-order valence-corrected chi connectivity index (χ0v) is 12.3. The van der Waals surface area contributed by atoms with Crippen LogP contribution in [0.25, 0.3) is 5.78 Å². The molecule has 2 aromatic heterocycles. The highest BCUT2D eigenvalue weighted by Crippen LogP contribution is 2.12. The van der Waals surface area contributed by atoms with E-state index in [0.29, 0.717) is 29.4 Å². The van der Waals surface area contributed by atoms with Crippen molar-refractivity contribution in [1.29, 1.82) is 0 Å². The molecule has 0 saturated heterocycles. The number of H-pyrrole nitrogens is 1. The monoisotopic (exact) mass is 297 g/mol. The summed E-state index contributed by atoms with van der Waals surface area (Å²) >= 11 is 0. The van der Waals surface area contributed by atoms with Crippen LogP contribution in [0.2, 0.25) is 0 Å². The third kappa shape index (κ3) is 2.48. The van der Waals surface area contributed by atoms with Crippen LogP contribution in [0.1, 0.15) is 28.7 Å². The Labute approximate surface area is 126 Å². The Balaban J connectivity index is 2.03. The van der Waals surface area contributed by atoms with Crippen LogP contribution in [0.4, 0.5) is 5.82 Å². The fraction of sp³-hybridized carbons (Fsp3) is 0.200. The molecule has 0 unspecified atom stereocenters. The molecule has 0 saturated carbocycles. The molecule has 1 aromatic carbocycles. The number of hydrogen-bond acceptors (Lipinski definition) is 4. The lowest BCUT2D eigenvalue weighted by Crippen LogP contribution is -2.19. The van der Waals surface area contributed by atoms with Crippen LogP contribution >= 0.6 is 0 Å². The largest absolute Gasteiger partial charge is 0.306 e. The van der Waals surface area contributed by atoms with Gasteiger partial charge in [-0.05, 0) is 18.6 Å². The van der Waals surface area contributed by atoms with Crippen LogP contribution in [0, 0.1) is 6.92 Å². The molecule has 112 valence electrons. The van der Waals surface area contributed by atoms with E-state index in [1.165, 1.54) is 10.6 Å². The summed E-state index contributed by atoms with van der Waals surface area (Å²) in [6.45, 7) is 3.77. The predicted octanol–water partition coefficient (Wildman–Crippen LogP) is 1.54. The molecule has 3 aromatic rings. The lowest BCUT2D eigenvalue weighted by Gasteiger charge is -2.08. The van der Waals surface area contributed by atoms with Crippen LogP contribution in [0.3, 0.4) is 0 Å². The lowest BCUT2D eigenvalue weighted by atomic mass is 10.1. The maximum absolute atomic E-state index is 12.4. The number of amides is 1. The van der Waals surface area contributed by atoms with Gasteiger partial charge in [0.25, 0.3) is 11.5 Å². The van der Waals surface area contributed by atoms with E-state index < -0.39 is 0 Å². The molecule has 2 heterocycles. The Kier molecular flexibility index (Phi) is 3.46. The quantitative estimate of drug-likeness (QED) is 0.767. The minimum Gasteiger partial charge on any atom is -0.306 e. The average Bonchev–Trinajstić information content (AvgIpc) is 2.90. The van der Waals surface area contributed by atoms with Gasteiger partial charge in [0.2, 0.25) is 5.78 Å². The van der Waals surface area contributed by atoms with E-state index in [0.717, 1.165) is 5.56 Å². The number of rotatable bonds is 3. The number of anilines is 1. The highest BCUT2D eigenvalue weighted by molar-refractivity contribution is 6.04. The van der Waals surface area contributed by atoms with Crippen LogP contribution in [-0.4, -0.2) is 25.5 Å². The highest BCUT2D eigenvalue weighted by atomic mass is 16.2. The maximum atomic E-state index is 12.4. The van der Waals surface area contributed by atoms with E-state index in [-0.39, 0.29) is 11.5 Å². The molecule has 0 aliphatic rings. The summed E-state index contributed by atoms with van der Waals surface area (Å²) in [6, 6.07) is 8.53. The van der Waals surface area contributed by atoms with Crippen molar-refractivity contribution in [3.05, 3.63) is 57.6 Å². The lowest BCUT2D eigenvalue weighted by molar-refractivity contribution is 0.102. The van der Waals surface area contributed by atoms with Crippen molar-refractivity contribution < 1.29 is 4.79 Å². The van der Waals surface area contributed by atoms with Crippen molar-refractivity contribution in [2.75, 3.05) is 5.32 Å². The van der Waals surface area contributed by atoms with Gasteiger partial charge in [0, 0.05) is 18.1 Å². The molecule has 22 heavy (non-hydrogen) atoms. The first kappa shape index (κ1) is 14.0. The molecule has 3 rings (SSSR count). The summed E-state index contributed by atoms with van der Waals surface area (Å²) in [5.41, 5.74) is 1.06. The minimum absolute atomic E-state index is 0.291. The van der Waals surface area contributed by atoms with E-state index in [2.05, 4.69) is 20.4 Å². The first-order valence-corrected chi connectivity index (χ1v) is 6.94. The third-order valence-electron chi connectivity index (χ3n) is 3.33. The summed E-state index contributed by atoms with van der Waals surface area (Å²) in [5, 5.41) is 6.98. The zero-order chi connectivity index (χ0) is 15.7. The smallest absolute Gasteiger partial charge is 0.257 e. The van der Waals surface area contributed by atoms with Crippen LogP contribution in [-0.2, 0) is 6.42 Å². The summed E-state index contributed by atoms with van der Waals surface area (Å²) in [6.07, 6.45) is 0.634. The molecular formula is C15H15N5O2. The number of fused-ring (bicyclic) bond motifs is 1. The van der Waals surface area contributed by atoms with Gasteiger partial charge in [-0.25, -0.2) is 0 Å². The molecule has 0 radical (unpaired) electrons. The Morgan fingerprint density at radius 1 is 1.36 bits per heavy atom. The number of carbonyl (C=O) groups is 1. The third-order valence-corrected chi connectivity index (χ3v) is 3.33. The van der Waals surface area contributed by atoms with E-state index in [9.17, 15) is 9.59 Å². The van der Waals surface area contributed by atoms with Gasteiger partial charge >= 0.3 is 0 Å². The fourth-order valence-corrected chi connectivity index (χ4v) is 2.19. The second-order valence-electron chi connectivity index (χ2n) is 4.90. The molecule has 0 fully saturated rings. The Morgan fingerprint density at radius 2 is 2.14 bits per heavy atom. The second-order valence-corrected chi connectivity index (χ2v) is 4.90. The van der Waals surface area contributed by atoms with Gasteiger partial charge in [0.05, 0.1) is 0 Å². The molecule has 0 bridgehead atoms. The van der Waals surface area contributed by atoms with Crippen molar-refractivity contribution in [3.8, 4) is 0 Å². The first-order chi connectivity index (χ1) is 10.6. The molecule has 0 aliphatic heterocycles. The van der Waals surface area contributed by atoms with Gasteiger partial charge in [0.15, 0.2) is 5.82 Å². The molecule has 0 atom stereocenters. The van der Waals surface area contributed by atoms with Gasteiger partial charge in [0.1, 0.15) is 5.82 Å². The summed E-state index contributed by atoms with van der Waals surface area (Å²) < 4.78 is 1.43.